The molecule has 5 rings (SSSR count). The first kappa shape index (κ1) is 20.0. The van der Waals surface area contributed by atoms with Gasteiger partial charge in [-0.1, -0.05) is 6.08 Å². The van der Waals surface area contributed by atoms with E-state index >= 15 is 0 Å². The van der Waals surface area contributed by atoms with E-state index in [9.17, 15) is 24.9 Å². The number of rotatable bonds is 2. The lowest BCUT2D eigenvalue weighted by Crippen LogP contribution is -3.00. The van der Waals surface area contributed by atoms with Crippen LogP contribution in [0.2, 0.25) is 0 Å². The molecule has 0 aromatic heterocycles. The molecule has 1 unspecified atom stereocenters. The lowest BCUT2D eigenvalue weighted by Gasteiger charge is -2.65. The Bertz CT molecular complexity index is 859. The van der Waals surface area contributed by atoms with Crippen molar-refractivity contribution in [2.45, 2.75) is 49.9 Å². The second-order valence-corrected chi connectivity index (χ2v) is 9.33. The topological polar surface area (TPSA) is 94.8 Å². The van der Waals surface area contributed by atoms with E-state index in [1.165, 1.54) is 18.9 Å². The predicted octanol–water partition coefficient (Wildman–Crippen LogP) is -2.05. The number of likely N-dealkylation sites (N-methyl/N-ethyl adjacent to an activating group) is 1. The highest BCUT2D eigenvalue weighted by molar-refractivity contribution is 6.06. The summed E-state index contributed by atoms with van der Waals surface area (Å²) in [6.45, 7) is 1.65. The Morgan fingerprint density at radius 3 is 2.61 bits per heavy atom. The van der Waals surface area contributed by atoms with Crippen LogP contribution in [0.1, 0.15) is 32.1 Å². The van der Waals surface area contributed by atoms with Crippen LogP contribution in [-0.4, -0.2) is 69.3 Å². The molecule has 5 aliphatic rings. The van der Waals surface area contributed by atoms with Crippen LogP contribution in [0.4, 0.5) is 0 Å². The third-order valence-corrected chi connectivity index (χ3v) is 7.80. The van der Waals surface area contributed by atoms with Crippen molar-refractivity contribution in [3.05, 3.63) is 35.1 Å². The maximum Gasteiger partial charge on any atom is 0.220 e. The number of aliphatic hydroxyl groups excluding tert-OH is 2. The number of aliphatic hydroxyl groups is 3. The van der Waals surface area contributed by atoms with E-state index in [0.29, 0.717) is 28.9 Å². The van der Waals surface area contributed by atoms with Gasteiger partial charge in [-0.2, -0.15) is 0 Å². The normalized spacial score (nSPS) is 44.5. The number of allylic oxidation sites excluding steroid dienone is 3. The molecule has 28 heavy (non-hydrogen) atoms. The molecule has 1 heterocycles. The van der Waals surface area contributed by atoms with Crippen LogP contribution in [0.15, 0.2) is 35.1 Å². The fraction of sp³-hybridized carbons (Fsp3) is 0.619. The van der Waals surface area contributed by atoms with Gasteiger partial charge in [-0.05, 0) is 37.0 Å². The van der Waals surface area contributed by atoms with E-state index in [4.69, 9.17) is 0 Å². The van der Waals surface area contributed by atoms with Crippen LogP contribution >= 0.6 is 0 Å². The summed E-state index contributed by atoms with van der Waals surface area (Å²) < 4.78 is 0.670. The van der Waals surface area contributed by atoms with Crippen molar-refractivity contribution in [2.75, 3.05) is 20.1 Å². The van der Waals surface area contributed by atoms with Crippen molar-refractivity contribution in [1.29, 1.82) is 0 Å². The third-order valence-electron chi connectivity index (χ3n) is 7.80. The number of ketones is 2. The average Bonchev–Trinajstić information content (AvgIpc) is 3.43. The van der Waals surface area contributed by atoms with E-state index in [0.717, 1.165) is 6.54 Å². The highest BCUT2D eigenvalue weighted by Crippen LogP contribution is 2.63. The van der Waals surface area contributed by atoms with Crippen molar-refractivity contribution in [3.8, 4) is 0 Å². The van der Waals surface area contributed by atoms with Crippen LogP contribution in [0.5, 0.6) is 0 Å². The first-order valence-corrected chi connectivity index (χ1v) is 9.89. The van der Waals surface area contributed by atoms with Crippen molar-refractivity contribution in [1.82, 2.24) is 0 Å². The quantitative estimate of drug-likeness (QED) is 0.420. The summed E-state index contributed by atoms with van der Waals surface area (Å²) in [5.41, 5.74) is -1.74. The average molecular weight is 452 g/mol. The minimum absolute atomic E-state index is 0. The summed E-state index contributed by atoms with van der Waals surface area (Å²) in [5, 5.41) is 33.7. The molecule has 2 bridgehead atoms. The zero-order chi connectivity index (χ0) is 19.2. The number of fused-ring (bicyclic) bond motifs is 1. The zero-order valence-corrected chi connectivity index (χ0v) is 17.5. The number of hydrogen-bond acceptors (Lipinski definition) is 5. The summed E-state index contributed by atoms with van der Waals surface area (Å²) in [5.74, 6) is -0.634. The molecular weight excluding hydrogens is 426 g/mol. The number of hydrogen-bond donors (Lipinski definition) is 3. The molecule has 1 aliphatic heterocycles. The van der Waals surface area contributed by atoms with E-state index in [1.54, 1.807) is 6.08 Å². The molecule has 5 atom stereocenters. The summed E-state index contributed by atoms with van der Waals surface area (Å²) >= 11 is 0. The fourth-order valence-electron chi connectivity index (χ4n) is 6.29. The van der Waals surface area contributed by atoms with Crippen molar-refractivity contribution < 1.29 is 46.4 Å². The molecule has 0 radical (unpaired) electrons. The maximum atomic E-state index is 12.5. The second-order valence-electron chi connectivity index (χ2n) is 9.33. The zero-order valence-electron chi connectivity index (χ0n) is 15.9. The second kappa shape index (κ2) is 6.11. The van der Waals surface area contributed by atoms with Gasteiger partial charge in [0.15, 0.2) is 11.5 Å². The predicted molar refractivity (Wildman–Crippen MR) is 96.6 cm³/mol. The Hall–Kier alpha value is -1.28. The summed E-state index contributed by atoms with van der Waals surface area (Å²) in [4.78, 5) is 24.7. The largest absolute Gasteiger partial charge is 1.00 e. The van der Waals surface area contributed by atoms with Crippen LogP contribution in [0.25, 0.3) is 0 Å². The summed E-state index contributed by atoms with van der Waals surface area (Å²) in [6, 6.07) is -0.279. The Balaban J connectivity index is 0.00000192. The minimum Gasteiger partial charge on any atom is -1.00 e. The first-order valence-electron chi connectivity index (χ1n) is 9.89. The first-order chi connectivity index (χ1) is 12.7. The molecule has 3 fully saturated rings. The van der Waals surface area contributed by atoms with Crippen LogP contribution < -0.4 is 17.0 Å². The molecule has 2 saturated carbocycles. The lowest BCUT2D eigenvalue weighted by atomic mass is 9.47. The van der Waals surface area contributed by atoms with Crippen molar-refractivity contribution in [2.24, 2.45) is 11.3 Å². The van der Waals surface area contributed by atoms with Gasteiger partial charge < -0.3 is 36.8 Å². The molecule has 0 aromatic rings. The third kappa shape index (κ3) is 2.30. The molecule has 0 amide bonds. The standard InChI is InChI=1S/C21H25NO5.BrH/c1-22(11-12-2-3-12)9-8-20-17-13(4-5-14(23)18(17)25)10-16(22)21(20,27)7-6-15(24)19(20)26;/h4-5,10,12,16,19,26-27H,2-3,6-9,11H2,1H3;1H/t16-,19?,20+,21-,22-;/m1./s1. The van der Waals surface area contributed by atoms with Gasteiger partial charge in [-0.15, -0.1) is 0 Å². The maximum absolute atomic E-state index is 12.5. The van der Waals surface area contributed by atoms with Gasteiger partial charge in [-0.3, -0.25) is 9.59 Å². The van der Waals surface area contributed by atoms with Crippen LogP contribution in [0, 0.1) is 11.3 Å². The molecule has 152 valence electrons. The van der Waals surface area contributed by atoms with Gasteiger partial charge in [0.1, 0.15) is 17.7 Å². The number of likely N-dealkylation sites (tertiary alicyclic amines) is 1. The monoisotopic (exact) mass is 451 g/mol. The molecule has 0 spiro atoms. The number of piperidine rings is 1. The fourth-order valence-corrected chi connectivity index (χ4v) is 6.29. The van der Waals surface area contributed by atoms with E-state index < -0.39 is 28.7 Å². The number of nitrogens with zero attached hydrogens (tertiary/aromatic N) is 1. The number of halogens is 1. The Morgan fingerprint density at radius 1 is 1.21 bits per heavy atom. The SMILES string of the molecule is C[N@+]1(CC2CC2)CC[C@@]23C4=C(O)C(=O)C=CC4=C[C@@H]1[C@]2(O)CCC(=O)C3O.[Br-]. The highest BCUT2D eigenvalue weighted by atomic mass is 79.9. The summed E-state index contributed by atoms with van der Waals surface area (Å²) in [6.07, 6.45) is 6.68. The number of Topliss-reactive ketones (excluding diaryl/α,β-unsaturated/α-hetero) is 1. The van der Waals surface area contributed by atoms with Crippen LogP contribution in [0.3, 0.4) is 0 Å². The molecule has 3 N–H and O–H groups in total. The highest BCUT2D eigenvalue weighted by Gasteiger charge is 2.73. The summed E-state index contributed by atoms with van der Waals surface area (Å²) in [7, 11) is 2.15. The number of carbonyl (C=O) groups excluding carboxylic acids is 2. The Kier molecular flexibility index (Phi) is 4.37. The number of quaternary nitrogens is 1. The van der Waals surface area contributed by atoms with Gasteiger partial charge in [-0.25, -0.2) is 0 Å². The van der Waals surface area contributed by atoms with Gasteiger partial charge in [0.25, 0.3) is 0 Å². The van der Waals surface area contributed by atoms with Gasteiger partial charge in [0.2, 0.25) is 5.78 Å². The van der Waals surface area contributed by atoms with E-state index in [-0.39, 0.29) is 47.2 Å². The Labute approximate surface area is 174 Å². The number of carbonyl (C=O) groups is 2. The molecule has 6 nitrogen and oxygen atoms in total. The molecule has 4 aliphatic carbocycles. The molecule has 7 heteroatoms. The van der Waals surface area contributed by atoms with Gasteiger partial charge in [0, 0.05) is 24.3 Å². The van der Waals surface area contributed by atoms with Gasteiger partial charge >= 0.3 is 0 Å². The lowest BCUT2D eigenvalue weighted by molar-refractivity contribution is -0.944. The smallest absolute Gasteiger partial charge is 0.220 e. The van der Waals surface area contributed by atoms with E-state index in [2.05, 4.69) is 7.05 Å². The minimum atomic E-state index is -1.41. The van der Waals surface area contributed by atoms with Crippen molar-refractivity contribution >= 4 is 11.6 Å². The Morgan fingerprint density at radius 2 is 1.93 bits per heavy atom. The molecular formula is C21H26BrNO5. The molecule has 1 saturated heterocycles. The van der Waals surface area contributed by atoms with Crippen molar-refractivity contribution in [3.63, 3.8) is 0 Å². The van der Waals surface area contributed by atoms with E-state index in [1.807, 2.05) is 6.08 Å². The molecule has 0 aromatic carbocycles. The van der Waals surface area contributed by atoms with Crippen LogP contribution in [-0.2, 0) is 9.59 Å². The van der Waals surface area contributed by atoms with Gasteiger partial charge in [0.05, 0.1) is 25.6 Å².